The number of hydrogen-bond donors (Lipinski definition) is 1. The van der Waals surface area contributed by atoms with Crippen LogP contribution in [0.4, 0.5) is 5.69 Å². The van der Waals surface area contributed by atoms with Crippen LogP contribution in [0.25, 0.3) is 10.1 Å². The maximum absolute atomic E-state index is 3.51. The molecule has 5 heteroatoms. The molecule has 1 aromatic carbocycles. The number of anilines is 1. The smallest absolute Gasteiger partial charge is 0.0843 e. The molecule has 0 amide bonds. The highest BCUT2D eigenvalue weighted by atomic mass is 79.9. The lowest BCUT2D eigenvalue weighted by atomic mass is 10.2. The van der Waals surface area contributed by atoms with Crippen molar-refractivity contribution in [1.29, 1.82) is 0 Å². The third kappa shape index (κ3) is 2.64. The Morgan fingerprint density at radius 1 is 1.11 bits per heavy atom. The third-order valence-electron chi connectivity index (χ3n) is 2.62. The second kappa shape index (κ2) is 5.33. The molecule has 0 bridgehead atoms. The van der Waals surface area contributed by atoms with Gasteiger partial charge >= 0.3 is 0 Å². The molecular weight excluding hydrogens is 394 g/mol. The van der Waals surface area contributed by atoms with Gasteiger partial charge < -0.3 is 5.32 Å². The second-order valence-electron chi connectivity index (χ2n) is 3.86. The summed E-state index contributed by atoms with van der Waals surface area (Å²) in [7, 11) is 0. The normalized spacial score (nSPS) is 11.0. The van der Waals surface area contributed by atoms with E-state index >= 15 is 0 Å². The highest BCUT2D eigenvalue weighted by Crippen LogP contribution is 2.33. The van der Waals surface area contributed by atoms with Crippen LogP contribution in [0.2, 0.25) is 0 Å². The summed E-state index contributed by atoms with van der Waals surface area (Å²) in [4.78, 5) is 1.30. The maximum atomic E-state index is 3.51. The van der Waals surface area contributed by atoms with E-state index in [2.05, 4.69) is 72.9 Å². The van der Waals surface area contributed by atoms with Crippen LogP contribution in [0.1, 0.15) is 4.88 Å². The summed E-state index contributed by atoms with van der Waals surface area (Å²) in [6.45, 7) is 0.852. The Hall–Kier alpha value is -0.360. The molecule has 18 heavy (non-hydrogen) atoms. The van der Waals surface area contributed by atoms with Crippen LogP contribution in [0.5, 0.6) is 0 Å². The van der Waals surface area contributed by atoms with Crippen LogP contribution in [0.15, 0.2) is 44.0 Å². The molecule has 1 N–H and O–H groups in total. The number of thiophene rings is 2. The number of rotatable bonds is 3. The van der Waals surface area contributed by atoms with Crippen LogP contribution in [0, 0.1) is 0 Å². The van der Waals surface area contributed by atoms with E-state index in [4.69, 9.17) is 0 Å². The van der Waals surface area contributed by atoms with E-state index in [0.29, 0.717) is 0 Å². The maximum Gasteiger partial charge on any atom is 0.0843 e. The molecular formula is C13H9Br2NS2. The predicted octanol–water partition coefficient (Wildman–Crippen LogP) is 6.10. The van der Waals surface area contributed by atoms with Crippen molar-refractivity contribution in [1.82, 2.24) is 0 Å². The predicted molar refractivity (Wildman–Crippen MR) is 88.9 cm³/mol. The van der Waals surface area contributed by atoms with E-state index in [9.17, 15) is 0 Å². The summed E-state index contributed by atoms with van der Waals surface area (Å²) in [5.41, 5.74) is 1.17. The molecule has 0 saturated carbocycles. The summed E-state index contributed by atoms with van der Waals surface area (Å²) in [5, 5.41) is 6.89. The molecule has 0 saturated heterocycles. The summed E-state index contributed by atoms with van der Waals surface area (Å²) in [5.74, 6) is 0. The first kappa shape index (κ1) is 12.7. The Balaban J connectivity index is 1.76. The molecule has 0 aliphatic rings. The first-order valence-corrected chi connectivity index (χ1v) is 8.65. The SMILES string of the molecule is Brc1cc(CNc2ccc3sccc3c2)sc1Br. The lowest BCUT2D eigenvalue weighted by molar-refractivity contribution is 1.19. The molecule has 0 spiro atoms. The Kier molecular flexibility index (Phi) is 3.75. The van der Waals surface area contributed by atoms with Crippen LogP contribution in [-0.4, -0.2) is 0 Å². The Morgan fingerprint density at radius 3 is 2.78 bits per heavy atom. The van der Waals surface area contributed by atoms with Gasteiger partial charge in [0.05, 0.1) is 3.79 Å². The van der Waals surface area contributed by atoms with Gasteiger partial charge in [-0.1, -0.05) is 0 Å². The number of halogens is 2. The summed E-state index contributed by atoms with van der Waals surface area (Å²) in [6.07, 6.45) is 0. The van der Waals surface area contributed by atoms with E-state index < -0.39 is 0 Å². The third-order valence-corrected chi connectivity index (χ3v) is 6.77. The van der Waals surface area contributed by atoms with E-state index in [1.54, 1.807) is 22.7 Å². The topological polar surface area (TPSA) is 12.0 Å². The zero-order chi connectivity index (χ0) is 12.5. The van der Waals surface area contributed by atoms with Gasteiger partial charge in [0, 0.05) is 26.3 Å². The molecule has 2 aromatic heterocycles. The molecule has 0 unspecified atom stereocenters. The van der Waals surface area contributed by atoms with Gasteiger partial charge in [0.1, 0.15) is 0 Å². The molecule has 92 valence electrons. The van der Waals surface area contributed by atoms with Gasteiger partial charge in [-0.3, -0.25) is 0 Å². The van der Waals surface area contributed by atoms with Crippen molar-refractivity contribution >= 4 is 70.3 Å². The van der Waals surface area contributed by atoms with Crippen LogP contribution in [-0.2, 0) is 6.54 Å². The van der Waals surface area contributed by atoms with E-state index in [1.165, 1.54) is 20.7 Å². The fourth-order valence-corrected chi connectivity index (χ4v) is 4.63. The van der Waals surface area contributed by atoms with Crippen molar-refractivity contribution in [3.05, 3.63) is 48.8 Å². The van der Waals surface area contributed by atoms with Crippen LogP contribution >= 0.6 is 54.5 Å². The fraction of sp³-hybridized carbons (Fsp3) is 0.0769. The zero-order valence-corrected chi connectivity index (χ0v) is 14.0. The van der Waals surface area contributed by atoms with Crippen molar-refractivity contribution in [3.63, 3.8) is 0 Å². The molecule has 0 aliphatic heterocycles. The van der Waals surface area contributed by atoms with Gasteiger partial charge in [0.25, 0.3) is 0 Å². The van der Waals surface area contributed by atoms with Gasteiger partial charge in [0.2, 0.25) is 0 Å². The van der Waals surface area contributed by atoms with Crippen LogP contribution < -0.4 is 5.32 Å². The van der Waals surface area contributed by atoms with E-state index in [0.717, 1.165) is 14.8 Å². The lowest BCUT2D eigenvalue weighted by Gasteiger charge is -2.04. The summed E-state index contributed by atoms with van der Waals surface area (Å²) in [6, 6.07) is 10.8. The van der Waals surface area contributed by atoms with Crippen LogP contribution in [0.3, 0.4) is 0 Å². The minimum atomic E-state index is 0.852. The first-order valence-electron chi connectivity index (χ1n) is 5.37. The van der Waals surface area contributed by atoms with Crippen molar-refractivity contribution in [2.75, 3.05) is 5.32 Å². The average molecular weight is 403 g/mol. The highest BCUT2D eigenvalue weighted by Gasteiger charge is 2.04. The number of hydrogen-bond acceptors (Lipinski definition) is 3. The molecule has 0 aliphatic carbocycles. The van der Waals surface area contributed by atoms with Gasteiger partial charge in [0.15, 0.2) is 0 Å². The van der Waals surface area contributed by atoms with Gasteiger partial charge in [-0.15, -0.1) is 22.7 Å². The lowest BCUT2D eigenvalue weighted by Crippen LogP contribution is -1.96. The van der Waals surface area contributed by atoms with Crippen molar-refractivity contribution in [2.24, 2.45) is 0 Å². The minimum absolute atomic E-state index is 0.852. The van der Waals surface area contributed by atoms with E-state index in [-0.39, 0.29) is 0 Å². The fourth-order valence-electron chi connectivity index (χ4n) is 1.74. The molecule has 3 rings (SSSR count). The Bertz CT molecular complexity index is 668. The molecule has 0 atom stereocenters. The number of fused-ring (bicyclic) bond motifs is 1. The quantitative estimate of drug-likeness (QED) is 0.557. The van der Waals surface area contributed by atoms with Crippen molar-refractivity contribution in [2.45, 2.75) is 6.54 Å². The number of benzene rings is 1. The standard InChI is InChI=1S/C13H9Br2NS2/c14-11-6-10(18-13(11)15)7-16-9-1-2-12-8(5-9)3-4-17-12/h1-6,16H,7H2. The molecule has 0 fully saturated rings. The Morgan fingerprint density at radius 2 is 2.00 bits per heavy atom. The number of nitrogens with one attached hydrogen (secondary N) is 1. The minimum Gasteiger partial charge on any atom is -0.380 e. The molecule has 3 aromatic rings. The summed E-state index contributed by atoms with van der Waals surface area (Å²) >= 11 is 10.5. The Labute approximate surface area is 130 Å². The van der Waals surface area contributed by atoms with Crippen molar-refractivity contribution in [3.8, 4) is 0 Å². The van der Waals surface area contributed by atoms with Gasteiger partial charge in [-0.25, -0.2) is 0 Å². The first-order chi connectivity index (χ1) is 8.72. The average Bonchev–Trinajstić information content (AvgIpc) is 2.94. The second-order valence-corrected chi connectivity index (χ2v) is 8.12. The van der Waals surface area contributed by atoms with Gasteiger partial charge in [-0.2, -0.15) is 0 Å². The molecule has 0 radical (unpaired) electrons. The van der Waals surface area contributed by atoms with E-state index in [1.807, 2.05) is 0 Å². The zero-order valence-electron chi connectivity index (χ0n) is 9.24. The van der Waals surface area contributed by atoms with Crippen molar-refractivity contribution < 1.29 is 0 Å². The highest BCUT2D eigenvalue weighted by molar-refractivity contribution is 9.13. The summed E-state index contributed by atoms with van der Waals surface area (Å²) < 4.78 is 3.60. The molecule has 2 heterocycles. The monoisotopic (exact) mass is 401 g/mol. The van der Waals surface area contributed by atoms with Gasteiger partial charge in [-0.05, 0) is 73.0 Å². The molecule has 1 nitrogen and oxygen atoms in total. The largest absolute Gasteiger partial charge is 0.380 e.